The molecular formula is C23H24F2N2O3. The fourth-order valence-corrected chi connectivity index (χ4v) is 3.43. The molecule has 1 heterocycles. The molecule has 1 unspecified atom stereocenters. The van der Waals surface area contributed by atoms with Gasteiger partial charge in [0, 0.05) is 13.0 Å². The summed E-state index contributed by atoms with van der Waals surface area (Å²) >= 11 is 0. The van der Waals surface area contributed by atoms with Crippen molar-refractivity contribution in [3.63, 3.8) is 0 Å². The zero-order valence-corrected chi connectivity index (χ0v) is 17.2. The SMILES string of the molecule is CC(C)(C)CC(=O)N(Cc1ccc(F)cc1)C1CC(=O)N(c2ccc(F)cc2)C1=O. The Kier molecular flexibility index (Phi) is 6.01. The molecule has 2 aromatic carbocycles. The van der Waals surface area contributed by atoms with Crippen LogP contribution in [0.4, 0.5) is 14.5 Å². The third-order valence-corrected chi connectivity index (χ3v) is 4.85. The third kappa shape index (κ3) is 4.90. The number of imide groups is 1. The zero-order chi connectivity index (χ0) is 22.1. The van der Waals surface area contributed by atoms with Gasteiger partial charge in [0.25, 0.3) is 5.91 Å². The fourth-order valence-electron chi connectivity index (χ4n) is 3.43. The number of hydrogen-bond acceptors (Lipinski definition) is 3. The summed E-state index contributed by atoms with van der Waals surface area (Å²) in [7, 11) is 0. The van der Waals surface area contributed by atoms with Crippen LogP contribution in [-0.2, 0) is 20.9 Å². The van der Waals surface area contributed by atoms with Crippen molar-refractivity contribution in [1.29, 1.82) is 0 Å². The van der Waals surface area contributed by atoms with Gasteiger partial charge >= 0.3 is 0 Å². The van der Waals surface area contributed by atoms with Crippen LogP contribution in [0.15, 0.2) is 48.5 Å². The number of halogens is 2. The van der Waals surface area contributed by atoms with Gasteiger partial charge in [-0.05, 0) is 47.4 Å². The van der Waals surface area contributed by atoms with E-state index in [9.17, 15) is 23.2 Å². The summed E-state index contributed by atoms with van der Waals surface area (Å²) in [6.45, 7) is 5.81. The number of carbonyl (C=O) groups excluding carboxylic acids is 3. The van der Waals surface area contributed by atoms with Gasteiger partial charge in [-0.3, -0.25) is 14.4 Å². The normalized spacial score (nSPS) is 16.8. The number of benzene rings is 2. The maximum Gasteiger partial charge on any atom is 0.257 e. The van der Waals surface area contributed by atoms with E-state index in [0.717, 1.165) is 4.90 Å². The first-order valence-corrected chi connectivity index (χ1v) is 9.71. The third-order valence-electron chi connectivity index (χ3n) is 4.85. The van der Waals surface area contributed by atoms with E-state index >= 15 is 0 Å². The van der Waals surface area contributed by atoms with Crippen LogP contribution in [-0.4, -0.2) is 28.7 Å². The standard InChI is InChI=1S/C23H24F2N2O3/c1-23(2,3)13-21(29)26(14-15-4-6-16(24)7-5-15)19-12-20(28)27(22(19)30)18-10-8-17(25)9-11-18/h4-11,19H,12-14H2,1-3H3. The van der Waals surface area contributed by atoms with Gasteiger partial charge in [-0.15, -0.1) is 0 Å². The van der Waals surface area contributed by atoms with Gasteiger partial charge in [-0.25, -0.2) is 13.7 Å². The Hall–Kier alpha value is -3.09. The second-order valence-corrected chi connectivity index (χ2v) is 8.65. The van der Waals surface area contributed by atoms with Crippen LogP contribution in [0.25, 0.3) is 0 Å². The number of carbonyl (C=O) groups is 3. The number of hydrogen-bond donors (Lipinski definition) is 0. The number of rotatable bonds is 5. The van der Waals surface area contributed by atoms with Gasteiger partial charge in [0.05, 0.1) is 12.1 Å². The van der Waals surface area contributed by atoms with Crippen molar-refractivity contribution in [3.8, 4) is 0 Å². The highest BCUT2D eigenvalue weighted by Crippen LogP contribution is 2.29. The Balaban J connectivity index is 1.90. The van der Waals surface area contributed by atoms with Gasteiger partial charge in [0.1, 0.15) is 17.7 Å². The summed E-state index contributed by atoms with van der Waals surface area (Å²) in [5.74, 6) is -2.13. The first kappa shape index (κ1) is 21.6. The Morgan fingerprint density at radius 3 is 2.07 bits per heavy atom. The molecule has 0 bridgehead atoms. The van der Waals surface area contributed by atoms with Crippen LogP contribution in [0.2, 0.25) is 0 Å². The van der Waals surface area contributed by atoms with Gasteiger partial charge < -0.3 is 4.90 Å². The molecule has 0 aromatic heterocycles. The number of nitrogens with zero attached hydrogens (tertiary/aromatic N) is 2. The molecule has 158 valence electrons. The molecule has 0 spiro atoms. The van der Waals surface area contributed by atoms with Crippen LogP contribution < -0.4 is 4.90 Å². The predicted molar refractivity (Wildman–Crippen MR) is 108 cm³/mol. The summed E-state index contributed by atoms with van der Waals surface area (Å²) in [5.41, 5.74) is 0.596. The molecule has 0 saturated carbocycles. The summed E-state index contributed by atoms with van der Waals surface area (Å²) in [4.78, 5) is 41.2. The molecule has 3 rings (SSSR count). The second-order valence-electron chi connectivity index (χ2n) is 8.65. The number of anilines is 1. The van der Waals surface area contributed by atoms with Crippen LogP contribution in [0.1, 0.15) is 39.2 Å². The van der Waals surface area contributed by atoms with Crippen molar-refractivity contribution < 1.29 is 23.2 Å². The summed E-state index contributed by atoms with van der Waals surface area (Å²) in [5, 5.41) is 0. The second kappa shape index (κ2) is 8.34. The largest absolute Gasteiger partial charge is 0.326 e. The molecule has 1 saturated heterocycles. The fraction of sp³-hybridized carbons (Fsp3) is 0.348. The minimum absolute atomic E-state index is 0.0795. The monoisotopic (exact) mass is 414 g/mol. The number of amides is 3. The lowest BCUT2D eigenvalue weighted by molar-refractivity contribution is -0.140. The van der Waals surface area contributed by atoms with Gasteiger partial charge in [0.2, 0.25) is 11.8 Å². The van der Waals surface area contributed by atoms with E-state index in [0.29, 0.717) is 5.56 Å². The first-order valence-electron chi connectivity index (χ1n) is 9.71. The lowest BCUT2D eigenvalue weighted by Crippen LogP contribution is -2.46. The van der Waals surface area contributed by atoms with Crippen molar-refractivity contribution in [2.45, 2.75) is 46.2 Å². The molecule has 30 heavy (non-hydrogen) atoms. The smallest absolute Gasteiger partial charge is 0.257 e. The molecular weight excluding hydrogens is 390 g/mol. The predicted octanol–water partition coefficient (Wildman–Crippen LogP) is 4.06. The molecule has 2 aromatic rings. The maximum atomic E-state index is 13.3. The van der Waals surface area contributed by atoms with E-state index in [2.05, 4.69) is 0 Å². The lowest BCUT2D eigenvalue weighted by atomic mass is 9.91. The van der Waals surface area contributed by atoms with Gasteiger partial charge in [0.15, 0.2) is 0 Å². The quantitative estimate of drug-likeness (QED) is 0.694. The van der Waals surface area contributed by atoms with Crippen LogP contribution in [0, 0.1) is 17.0 Å². The molecule has 1 atom stereocenters. The highest BCUT2D eigenvalue weighted by atomic mass is 19.1. The van der Waals surface area contributed by atoms with Crippen molar-refractivity contribution in [2.24, 2.45) is 5.41 Å². The van der Waals surface area contributed by atoms with E-state index in [4.69, 9.17) is 0 Å². The van der Waals surface area contributed by atoms with E-state index in [-0.39, 0.29) is 36.4 Å². The Morgan fingerprint density at radius 1 is 1.00 bits per heavy atom. The molecule has 0 N–H and O–H groups in total. The van der Waals surface area contributed by atoms with Crippen LogP contribution in [0.5, 0.6) is 0 Å². The average Bonchev–Trinajstić information content (AvgIpc) is 2.94. The molecule has 1 aliphatic rings. The zero-order valence-electron chi connectivity index (χ0n) is 17.2. The molecule has 3 amide bonds. The maximum absolute atomic E-state index is 13.3. The van der Waals surface area contributed by atoms with E-state index in [1.165, 1.54) is 41.3 Å². The van der Waals surface area contributed by atoms with Crippen LogP contribution >= 0.6 is 0 Å². The van der Waals surface area contributed by atoms with E-state index in [1.807, 2.05) is 20.8 Å². The first-order chi connectivity index (χ1) is 14.0. The summed E-state index contributed by atoms with van der Waals surface area (Å²) in [6.07, 6.45) is 0.0238. The molecule has 7 heteroatoms. The average molecular weight is 414 g/mol. The minimum atomic E-state index is -0.970. The van der Waals surface area contributed by atoms with Crippen molar-refractivity contribution in [2.75, 3.05) is 4.90 Å². The highest BCUT2D eigenvalue weighted by molar-refractivity contribution is 6.23. The van der Waals surface area contributed by atoms with Gasteiger partial charge in [-0.2, -0.15) is 0 Å². The molecule has 0 aliphatic carbocycles. The van der Waals surface area contributed by atoms with E-state index < -0.39 is 29.5 Å². The topological polar surface area (TPSA) is 57.7 Å². The summed E-state index contributed by atoms with van der Waals surface area (Å²) in [6, 6.07) is 9.75. The molecule has 1 fully saturated rings. The highest BCUT2D eigenvalue weighted by Gasteiger charge is 2.44. The Morgan fingerprint density at radius 2 is 1.53 bits per heavy atom. The van der Waals surface area contributed by atoms with E-state index in [1.54, 1.807) is 12.1 Å². The minimum Gasteiger partial charge on any atom is -0.326 e. The van der Waals surface area contributed by atoms with Crippen LogP contribution in [0.3, 0.4) is 0 Å². The van der Waals surface area contributed by atoms with Crippen molar-refractivity contribution >= 4 is 23.4 Å². The summed E-state index contributed by atoms with van der Waals surface area (Å²) < 4.78 is 26.5. The van der Waals surface area contributed by atoms with Crippen molar-refractivity contribution in [3.05, 3.63) is 65.7 Å². The lowest BCUT2D eigenvalue weighted by Gasteiger charge is -2.30. The molecule has 5 nitrogen and oxygen atoms in total. The molecule has 1 aliphatic heterocycles. The van der Waals surface area contributed by atoms with Crippen molar-refractivity contribution in [1.82, 2.24) is 4.90 Å². The Bertz CT molecular complexity index is 950. The Labute approximate surface area is 174 Å². The van der Waals surface area contributed by atoms with Gasteiger partial charge in [-0.1, -0.05) is 32.9 Å². The molecule has 0 radical (unpaired) electrons.